The fourth-order valence-corrected chi connectivity index (χ4v) is 1.28. The summed E-state index contributed by atoms with van der Waals surface area (Å²) in [6.07, 6.45) is 2.30. The zero-order chi connectivity index (χ0) is 12.0. The standard InChI is InChI=1S/C10H18N2O4/c1-16-5-4-12(7-9(13)14)10(15)11-6-8-2-3-8/h8H,2-7H2,1H3,(H,11,15)(H,13,14). The lowest BCUT2D eigenvalue weighted by Gasteiger charge is -2.20. The normalized spacial score (nSPS) is 14.6. The summed E-state index contributed by atoms with van der Waals surface area (Å²) in [5, 5.41) is 11.4. The van der Waals surface area contributed by atoms with Gasteiger partial charge in [0.1, 0.15) is 6.54 Å². The molecule has 0 spiro atoms. The molecule has 0 aromatic heterocycles. The highest BCUT2D eigenvalue weighted by Crippen LogP contribution is 2.27. The smallest absolute Gasteiger partial charge is 0.323 e. The van der Waals surface area contributed by atoms with Crippen molar-refractivity contribution in [2.45, 2.75) is 12.8 Å². The van der Waals surface area contributed by atoms with Crippen molar-refractivity contribution >= 4 is 12.0 Å². The number of nitrogens with one attached hydrogen (secondary N) is 1. The number of carbonyl (C=O) groups is 2. The number of carboxylic acid groups (broad SMARTS) is 1. The molecule has 1 aliphatic rings. The van der Waals surface area contributed by atoms with Crippen molar-refractivity contribution in [1.29, 1.82) is 0 Å². The van der Waals surface area contributed by atoms with Crippen LogP contribution >= 0.6 is 0 Å². The molecule has 0 aliphatic heterocycles. The number of methoxy groups -OCH3 is 1. The van der Waals surface area contributed by atoms with E-state index in [4.69, 9.17) is 9.84 Å². The number of aliphatic carboxylic acids is 1. The topological polar surface area (TPSA) is 78.9 Å². The van der Waals surface area contributed by atoms with Crippen molar-refractivity contribution in [2.24, 2.45) is 5.92 Å². The molecule has 6 nitrogen and oxygen atoms in total. The minimum absolute atomic E-state index is 0.291. The highest BCUT2D eigenvalue weighted by atomic mass is 16.5. The Hall–Kier alpha value is -1.30. The van der Waals surface area contributed by atoms with E-state index in [1.54, 1.807) is 0 Å². The monoisotopic (exact) mass is 230 g/mol. The summed E-state index contributed by atoms with van der Waals surface area (Å²) in [6, 6.07) is -0.327. The van der Waals surface area contributed by atoms with Crippen molar-refractivity contribution in [2.75, 3.05) is 33.4 Å². The highest BCUT2D eigenvalue weighted by Gasteiger charge is 2.23. The van der Waals surface area contributed by atoms with Gasteiger partial charge in [-0.25, -0.2) is 4.79 Å². The van der Waals surface area contributed by atoms with Crippen LogP contribution in [0.25, 0.3) is 0 Å². The number of hydrogen-bond acceptors (Lipinski definition) is 3. The maximum absolute atomic E-state index is 11.6. The average Bonchev–Trinajstić information content (AvgIpc) is 3.04. The molecule has 0 saturated heterocycles. The third-order valence-corrected chi connectivity index (χ3v) is 2.42. The molecule has 0 unspecified atom stereocenters. The van der Waals surface area contributed by atoms with Gasteiger partial charge in [-0.3, -0.25) is 4.79 Å². The molecule has 0 radical (unpaired) electrons. The fraction of sp³-hybridized carbons (Fsp3) is 0.800. The number of hydrogen-bond donors (Lipinski definition) is 2. The second kappa shape index (κ2) is 6.32. The van der Waals surface area contributed by atoms with Gasteiger partial charge >= 0.3 is 12.0 Å². The number of amides is 2. The second-order valence-corrected chi connectivity index (χ2v) is 3.94. The molecule has 16 heavy (non-hydrogen) atoms. The minimum atomic E-state index is -1.02. The molecule has 0 aromatic rings. The van der Waals surface area contributed by atoms with E-state index in [-0.39, 0.29) is 12.6 Å². The first-order valence-corrected chi connectivity index (χ1v) is 5.37. The van der Waals surface area contributed by atoms with Crippen LogP contribution in [-0.4, -0.2) is 55.4 Å². The van der Waals surface area contributed by atoms with Gasteiger partial charge in [0.2, 0.25) is 0 Å². The summed E-state index contributed by atoms with van der Waals surface area (Å²) in [7, 11) is 1.51. The number of ether oxygens (including phenoxy) is 1. The third kappa shape index (κ3) is 4.97. The minimum Gasteiger partial charge on any atom is -0.480 e. The van der Waals surface area contributed by atoms with Crippen molar-refractivity contribution in [3.63, 3.8) is 0 Å². The second-order valence-electron chi connectivity index (χ2n) is 3.94. The van der Waals surface area contributed by atoms with Crippen LogP contribution in [0.15, 0.2) is 0 Å². The number of carboxylic acids is 1. The molecule has 1 fully saturated rings. The van der Waals surface area contributed by atoms with Gasteiger partial charge in [0.05, 0.1) is 6.61 Å². The predicted octanol–water partition coefficient (Wildman–Crippen LogP) is 0.139. The van der Waals surface area contributed by atoms with Gasteiger partial charge in [0.15, 0.2) is 0 Å². The van der Waals surface area contributed by atoms with Gasteiger partial charge in [0.25, 0.3) is 0 Å². The first-order chi connectivity index (χ1) is 7.63. The van der Waals surface area contributed by atoms with Gasteiger partial charge in [-0.2, -0.15) is 0 Å². The molecular weight excluding hydrogens is 212 g/mol. The fourth-order valence-electron chi connectivity index (χ4n) is 1.28. The van der Waals surface area contributed by atoms with Crippen LogP contribution in [0.4, 0.5) is 4.79 Å². The van der Waals surface area contributed by atoms with E-state index in [0.717, 1.165) is 12.8 Å². The first-order valence-electron chi connectivity index (χ1n) is 5.37. The van der Waals surface area contributed by atoms with Gasteiger partial charge in [-0.1, -0.05) is 0 Å². The number of nitrogens with zero attached hydrogens (tertiary/aromatic N) is 1. The summed E-state index contributed by atoms with van der Waals surface area (Å²) in [5.74, 6) is -0.435. The van der Waals surface area contributed by atoms with Crippen LogP contribution in [0.5, 0.6) is 0 Å². The largest absolute Gasteiger partial charge is 0.480 e. The van der Waals surface area contributed by atoms with Crippen molar-refractivity contribution < 1.29 is 19.4 Å². The summed E-state index contributed by atoms with van der Waals surface area (Å²) < 4.78 is 4.83. The molecule has 1 aliphatic carbocycles. The van der Waals surface area contributed by atoms with Crippen LogP contribution in [0.2, 0.25) is 0 Å². The van der Waals surface area contributed by atoms with E-state index < -0.39 is 5.97 Å². The Labute approximate surface area is 94.6 Å². The van der Waals surface area contributed by atoms with Crippen molar-refractivity contribution in [3.8, 4) is 0 Å². The zero-order valence-corrected chi connectivity index (χ0v) is 9.44. The summed E-state index contributed by atoms with van der Waals surface area (Å²) in [4.78, 5) is 23.4. The Kier molecular flexibility index (Phi) is 5.04. The van der Waals surface area contributed by atoms with Gasteiger partial charge in [-0.05, 0) is 18.8 Å². The van der Waals surface area contributed by atoms with E-state index in [2.05, 4.69) is 5.32 Å². The van der Waals surface area contributed by atoms with E-state index in [1.807, 2.05) is 0 Å². The molecule has 0 bridgehead atoms. The molecule has 0 aromatic carbocycles. The summed E-state index contributed by atoms with van der Waals surface area (Å²) >= 11 is 0. The van der Waals surface area contributed by atoms with Gasteiger partial charge < -0.3 is 20.1 Å². The maximum Gasteiger partial charge on any atom is 0.323 e. The van der Waals surface area contributed by atoms with E-state index in [1.165, 1.54) is 12.0 Å². The lowest BCUT2D eigenvalue weighted by molar-refractivity contribution is -0.137. The van der Waals surface area contributed by atoms with Crippen LogP contribution in [0, 0.1) is 5.92 Å². The number of carbonyl (C=O) groups excluding carboxylic acids is 1. The SMILES string of the molecule is COCCN(CC(=O)O)C(=O)NCC1CC1. The van der Waals surface area contributed by atoms with E-state index in [9.17, 15) is 9.59 Å². The molecule has 2 N–H and O–H groups in total. The molecule has 92 valence electrons. The van der Waals surface area contributed by atoms with Gasteiger partial charge in [0, 0.05) is 20.2 Å². The molecule has 6 heteroatoms. The highest BCUT2D eigenvalue weighted by molar-refractivity contribution is 5.80. The zero-order valence-electron chi connectivity index (χ0n) is 9.44. The molecule has 1 rings (SSSR count). The quantitative estimate of drug-likeness (QED) is 0.652. The van der Waals surface area contributed by atoms with E-state index in [0.29, 0.717) is 25.6 Å². The molecule has 0 atom stereocenters. The Morgan fingerprint density at radius 3 is 2.69 bits per heavy atom. The van der Waals surface area contributed by atoms with Gasteiger partial charge in [-0.15, -0.1) is 0 Å². The maximum atomic E-state index is 11.6. The predicted molar refractivity (Wildman–Crippen MR) is 57.2 cm³/mol. The molecule has 2 amide bonds. The number of urea groups is 1. The van der Waals surface area contributed by atoms with Crippen LogP contribution in [-0.2, 0) is 9.53 Å². The lowest BCUT2D eigenvalue weighted by Crippen LogP contribution is -2.44. The molecule has 0 heterocycles. The van der Waals surface area contributed by atoms with Crippen LogP contribution in [0.1, 0.15) is 12.8 Å². The van der Waals surface area contributed by atoms with Crippen LogP contribution in [0.3, 0.4) is 0 Å². The molecular formula is C10H18N2O4. The Bertz CT molecular complexity index is 253. The Morgan fingerprint density at radius 1 is 1.50 bits per heavy atom. The average molecular weight is 230 g/mol. The van der Waals surface area contributed by atoms with Crippen molar-refractivity contribution in [3.05, 3.63) is 0 Å². The third-order valence-electron chi connectivity index (χ3n) is 2.42. The summed E-state index contributed by atoms with van der Waals surface area (Å²) in [6.45, 7) is 0.977. The van der Waals surface area contributed by atoms with Crippen LogP contribution < -0.4 is 5.32 Å². The van der Waals surface area contributed by atoms with E-state index >= 15 is 0 Å². The molecule has 1 saturated carbocycles. The number of rotatable bonds is 7. The summed E-state index contributed by atoms with van der Waals surface area (Å²) in [5.41, 5.74) is 0. The van der Waals surface area contributed by atoms with Crippen molar-refractivity contribution in [1.82, 2.24) is 10.2 Å². The first kappa shape index (κ1) is 12.8. The lowest BCUT2D eigenvalue weighted by atomic mass is 10.4. The Balaban J connectivity index is 2.31. The Morgan fingerprint density at radius 2 is 2.19 bits per heavy atom.